The molecule has 0 radical (unpaired) electrons. The standard InChI is InChI=1S/C14H27N3O/c1-14(2,3)17-9-7-16(8-10-17)13(18)12-5-4-6-15-11-12/h12,15H,4-11H2,1-3H3/t12-/m1/s1. The van der Waals surface area contributed by atoms with Crippen molar-refractivity contribution in [3.63, 3.8) is 0 Å². The lowest BCUT2D eigenvalue weighted by atomic mass is 9.97. The highest BCUT2D eigenvalue weighted by molar-refractivity contribution is 5.79. The van der Waals surface area contributed by atoms with Crippen molar-refractivity contribution >= 4 is 5.91 Å². The Balaban J connectivity index is 1.83. The minimum atomic E-state index is 0.222. The van der Waals surface area contributed by atoms with Gasteiger partial charge in [0.25, 0.3) is 0 Å². The van der Waals surface area contributed by atoms with E-state index >= 15 is 0 Å². The number of nitrogens with one attached hydrogen (secondary N) is 1. The Morgan fingerprint density at radius 3 is 2.33 bits per heavy atom. The minimum Gasteiger partial charge on any atom is -0.340 e. The number of rotatable bonds is 1. The third kappa shape index (κ3) is 3.23. The summed E-state index contributed by atoms with van der Waals surface area (Å²) in [7, 11) is 0. The number of nitrogens with zero attached hydrogens (tertiary/aromatic N) is 2. The minimum absolute atomic E-state index is 0.222. The number of carbonyl (C=O) groups excluding carboxylic acids is 1. The molecule has 0 spiro atoms. The summed E-state index contributed by atoms with van der Waals surface area (Å²) in [5, 5.41) is 3.33. The van der Waals surface area contributed by atoms with Crippen molar-refractivity contribution < 1.29 is 4.79 Å². The van der Waals surface area contributed by atoms with Crippen LogP contribution in [0.4, 0.5) is 0 Å². The fourth-order valence-electron chi connectivity index (χ4n) is 2.92. The van der Waals surface area contributed by atoms with Crippen molar-refractivity contribution in [3.05, 3.63) is 0 Å². The fourth-order valence-corrected chi connectivity index (χ4v) is 2.92. The summed E-state index contributed by atoms with van der Waals surface area (Å²) in [6, 6.07) is 0. The average molecular weight is 253 g/mol. The molecule has 0 unspecified atom stereocenters. The first-order chi connectivity index (χ1) is 8.48. The molecule has 2 saturated heterocycles. The lowest BCUT2D eigenvalue weighted by Gasteiger charge is -2.43. The van der Waals surface area contributed by atoms with Gasteiger partial charge in [0.05, 0.1) is 5.92 Å². The van der Waals surface area contributed by atoms with Crippen LogP contribution in [0.5, 0.6) is 0 Å². The molecule has 2 aliphatic heterocycles. The van der Waals surface area contributed by atoms with Crippen molar-refractivity contribution in [2.24, 2.45) is 5.92 Å². The third-order valence-corrected chi connectivity index (χ3v) is 4.19. The molecule has 1 N–H and O–H groups in total. The molecule has 0 aliphatic carbocycles. The number of amides is 1. The maximum atomic E-state index is 12.4. The molecule has 18 heavy (non-hydrogen) atoms. The topological polar surface area (TPSA) is 35.6 Å². The monoisotopic (exact) mass is 253 g/mol. The van der Waals surface area contributed by atoms with Gasteiger partial charge in [-0.25, -0.2) is 0 Å². The van der Waals surface area contributed by atoms with Crippen LogP contribution in [0.15, 0.2) is 0 Å². The van der Waals surface area contributed by atoms with E-state index in [9.17, 15) is 4.79 Å². The molecular formula is C14H27N3O. The quantitative estimate of drug-likeness (QED) is 0.755. The molecule has 4 nitrogen and oxygen atoms in total. The second-order valence-electron chi connectivity index (χ2n) is 6.53. The van der Waals surface area contributed by atoms with E-state index in [1.54, 1.807) is 0 Å². The summed E-state index contributed by atoms with van der Waals surface area (Å²) >= 11 is 0. The Kier molecular flexibility index (Phi) is 4.28. The van der Waals surface area contributed by atoms with Gasteiger partial charge in [-0.05, 0) is 40.2 Å². The molecular weight excluding hydrogens is 226 g/mol. The van der Waals surface area contributed by atoms with E-state index in [0.717, 1.165) is 52.1 Å². The summed E-state index contributed by atoms with van der Waals surface area (Å²) in [5.74, 6) is 0.593. The van der Waals surface area contributed by atoms with Crippen LogP contribution in [0.2, 0.25) is 0 Å². The van der Waals surface area contributed by atoms with Crippen molar-refractivity contribution in [2.45, 2.75) is 39.2 Å². The lowest BCUT2D eigenvalue weighted by Crippen LogP contribution is -2.56. The molecule has 2 heterocycles. The first-order valence-corrected chi connectivity index (χ1v) is 7.23. The van der Waals surface area contributed by atoms with Gasteiger partial charge in [-0.2, -0.15) is 0 Å². The van der Waals surface area contributed by atoms with Crippen molar-refractivity contribution in [2.75, 3.05) is 39.3 Å². The van der Waals surface area contributed by atoms with Crippen LogP contribution in [0, 0.1) is 5.92 Å². The summed E-state index contributed by atoms with van der Waals surface area (Å²) in [6.07, 6.45) is 2.20. The van der Waals surface area contributed by atoms with Crippen molar-refractivity contribution in [1.82, 2.24) is 15.1 Å². The van der Waals surface area contributed by atoms with Gasteiger partial charge in [0.2, 0.25) is 5.91 Å². The van der Waals surface area contributed by atoms with Crippen LogP contribution in [-0.2, 0) is 4.79 Å². The van der Waals surface area contributed by atoms with Gasteiger partial charge in [-0.15, -0.1) is 0 Å². The second-order valence-corrected chi connectivity index (χ2v) is 6.53. The highest BCUT2D eigenvalue weighted by atomic mass is 16.2. The van der Waals surface area contributed by atoms with Gasteiger partial charge in [0, 0.05) is 38.3 Å². The normalized spacial score (nSPS) is 27.3. The number of piperazine rings is 1. The zero-order chi connectivity index (χ0) is 13.2. The Labute approximate surface area is 111 Å². The Hall–Kier alpha value is -0.610. The summed E-state index contributed by atoms with van der Waals surface area (Å²) < 4.78 is 0. The van der Waals surface area contributed by atoms with Crippen LogP contribution >= 0.6 is 0 Å². The van der Waals surface area contributed by atoms with Gasteiger partial charge in [-0.3, -0.25) is 9.69 Å². The van der Waals surface area contributed by atoms with E-state index in [-0.39, 0.29) is 11.5 Å². The molecule has 0 aromatic carbocycles. The van der Waals surface area contributed by atoms with E-state index in [2.05, 4.69) is 35.9 Å². The Morgan fingerprint density at radius 1 is 1.17 bits per heavy atom. The molecule has 2 aliphatic rings. The van der Waals surface area contributed by atoms with Crippen LogP contribution in [-0.4, -0.2) is 60.5 Å². The maximum absolute atomic E-state index is 12.4. The predicted molar refractivity (Wildman–Crippen MR) is 73.5 cm³/mol. The molecule has 2 rings (SSSR count). The summed E-state index contributed by atoms with van der Waals surface area (Å²) in [4.78, 5) is 16.9. The number of hydrogen-bond acceptors (Lipinski definition) is 3. The highest BCUT2D eigenvalue weighted by Crippen LogP contribution is 2.19. The molecule has 1 atom stereocenters. The Bertz CT molecular complexity index is 284. The third-order valence-electron chi connectivity index (χ3n) is 4.19. The van der Waals surface area contributed by atoms with Gasteiger partial charge in [-0.1, -0.05) is 0 Å². The second kappa shape index (κ2) is 5.57. The number of piperidine rings is 1. The van der Waals surface area contributed by atoms with E-state index in [1.807, 2.05) is 0 Å². The van der Waals surface area contributed by atoms with Gasteiger partial charge in [0.1, 0.15) is 0 Å². The van der Waals surface area contributed by atoms with Crippen LogP contribution < -0.4 is 5.32 Å². The van der Waals surface area contributed by atoms with Gasteiger partial charge >= 0.3 is 0 Å². The molecule has 0 aromatic rings. The maximum Gasteiger partial charge on any atom is 0.227 e. The van der Waals surface area contributed by atoms with E-state index < -0.39 is 0 Å². The highest BCUT2D eigenvalue weighted by Gasteiger charge is 2.31. The smallest absolute Gasteiger partial charge is 0.227 e. The van der Waals surface area contributed by atoms with E-state index in [4.69, 9.17) is 0 Å². The van der Waals surface area contributed by atoms with Crippen molar-refractivity contribution in [1.29, 1.82) is 0 Å². The van der Waals surface area contributed by atoms with Crippen LogP contribution in [0.3, 0.4) is 0 Å². The zero-order valence-electron chi connectivity index (χ0n) is 12.0. The van der Waals surface area contributed by atoms with E-state index in [1.165, 1.54) is 0 Å². The fraction of sp³-hybridized carbons (Fsp3) is 0.929. The van der Waals surface area contributed by atoms with Crippen LogP contribution in [0.25, 0.3) is 0 Å². The predicted octanol–water partition coefficient (Wildman–Crippen LogP) is 0.929. The van der Waals surface area contributed by atoms with E-state index in [0.29, 0.717) is 5.91 Å². The molecule has 1 amide bonds. The Morgan fingerprint density at radius 2 is 1.83 bits per heavy atom. The largest absolute Gasteiger partial charge is 0.340 e. The average Bonchev–Trinajstić information content (AvgIpc) is 2.38. The molecule has 0 bridgehead atoms. The zero-order valence-corrected chi connectivity index (χ0v) is 12.0. The number of hydrogen-bond donors (Lipinski definition) is 1. The molecule has 4 heteroatoms. The number of carbonyl (C=O) groups is 1. The summed E-state index contributed by atoms with van der Waals surface area (Å²) in [5.41, 5.74) is 0.224. The molecule has 104 valence electrons. The SMILES string of the molecule is CC(C)(C)N1CCN(C(=O)[C@@H]2CCCNC2)CC1. The first kappa shape index (κ1) is 13.8. The first-order valence-electron chi connectivity index (χ1n) is 7.23. The van der Waals surface area contributed by atoms with Crippen LogP contribution in [0.1, 0.15) is 33.6 Å². The molecule has 2 fully saturated rings. The van der Waals surface area contributed by atoms with Gasteiger partial charge in [0.15, 0.2) is 0 Å². The summed E-state index contributed by atoms with van der Waals surface area (Å²) in [6.45, 7) is 12.5. The lowest BCUT2D eigenvalue weighted by molar-refractivity contribution is -0.138. The molecule has 0 aromatic heterocycles. The molecule has 0 saturated carbocycles. The van der Waals surface area contributed by atoms with Gasteiger partial charge < -0.3 is 10.2 Å². The van der Waals surface area contributed by atoms with Crippen molar-refractivity contribution in [3.8, 4) is 0 Å².